The number of hydrogen-bond acceptors (Lipinski definition) is 6. The Morgan fingerprint density at radius 3 is 1.90 bits per heavy atom. The van der Waals surface area contributed by atoms with Crippen molar-refractivity contribution < 1.29 is 54.9 Å². The first kappa shape index (κ1) is 22.7. The van der Waals surface area contributed by atoms with Crippen LogP contribution in [0.25, 0.3) is 0 Å². The second kappa shape index (κ2) is 7.01. The van der Waals surface area contributed by atoms with Gasteiger partial charge in [0.1, 0.15) is 19.6 Å². The number of hydrogen-bond donors (Lipinski definition) is 0. The molecule has 3 rings (SSSR count). The largest absolute Gasteiger partial charge is 0.461 e. The lowest BCUT2D eigenvalue weighted by atomic mass is 10.0. The number of fused-ring (bicyclic) bond motifs is 1. The minimum Gasteiger partial charge on any atom is -0.461 e. The predicted molar refractivity (Wildman–Crippen MR) is 84.4 cm³/mol. The highest BCUT2D eigenvalue weighted by atomic mass is 19.4. The number of halogens is 6. The van der Waals surface area contributed by atoms with Crippen molar-refractivity contribution in [2.45, 2.75) is 51.6 Å². The lowest BCUT2D eigenvalue weighted by Crippen LogP contribution is -2.33. The van der Waals surface area contributed by atoms with E-state index in [1.165, 1.54) is 0 Å². The molecule has 0 saturated heterocycles. The molecule has 0 aromatic carbocycles. The van der Waals surface area contributed by atoms with Gasteiger partial charge in [-0.15, -0.1) is 0 Å². The lowest BCUT2D eigenvalue weighted by Gasteiger charge is -2.19. The van der Waals surface area contributed by atoms with E-state index < -0.39 is 74.3 Å². The smallest absolute Gasteiger partial charge is 0.399 e. The van der Waals surface area contributed by atoms with Crippen molar-refractivity contribution in [3.63, 3.8) is 0 Å². The topological polar surface area (TPSA) is 78.9 Å². The van der Waals surface area contributed by atoms with E-state index in [1.54, 1.807) is 0 Å². The van der Waals surface area contributed by atoms with Crippen LogP contribution in [-0.2, 0) is 28.6 Å². The minimum atomic E-state index is -4.85. The molecule has 3 aliphatic carbocycles. The van der Waals surface area contributed by atoms with E-state index in [9.17, 15) is 40.7 Å². The molecular weight excluding hydrogens is 426 g/mol. The summed E-state index contributed by atoms with van der Waals surface area (Å²) in [5.41, 5.74) is -0.366. The zero-order valence-electron chi connectivity index (χ0n) is 16.1. The van der Waals surface area contributed by atoms with Gasteiger partial charge in [-0.05, 0) is 23.7 Å². The summed E-state index contributed by atoms with van der Waals surface area (Å²) in [4.78, 5) is 35.3. The van der Waals surface area contributed by atoms with Gasteiger partial charge in [-0.1, -0.05) is 13.8 Å². The number of alkyl halides is 6. The van der Waals surface area contributed by atoms with Crippen molar-refractivity contribution in [3.8, 4) is 0 Å². The van der Waals surface area contributed by atoms with Crippen molar-refractivity contribution in [2.24, 2.45) is 28.6 Å². The highest BCUT2D eigenvalue weighted by molar-refractivity contribution is 5.82. The van der Waals surface area contributed by atoms with Crippen molar-refractivity contribution in [2.75, 3.05) is 13.2 Å². The minimum absolute atomic E-state index is 0.183. The van der Waals surface area contributed by atoms with Gasteiger partial charge in [0.25, 0.3) is 0 Å². The van der Waals surface area contributed by atoms with Gasteiger partial charge in [0.2, 0.25) is 0 Å². The lowest BCUT2D eigenvalue weighted by molar-refractivity contribution is -0.184. The van der Waals surface area contributed by atoms with Crippen molar-refractivity contribution in [1.29, 1.82) is 0 Å². The van der Waals surface area contributed by atoms with Crippen LogP contribution < -0.4 is 0 Å². The number of esters is 3. The molecule has 0 radical (unpaired) electrons. The van der Waals surface area contributed by atoms with Gasteiger partial charge in [0.05, 0.1) is 17.8 Å². The Morgan fingerprint density at radius 2 is 1.50 bits per heavy atom. The second-order valence-corrected chi connectivity index (χ2v) is 8.60. The molecule has 0 amide bonds. The first-order valence-corrected chi connectivity index (χ1v) is 9.25. The zero-order valence-corrected chi connectivity index (χ0v) is 16.1. The van der Waals surface area contributed by atoms with E-state index in [-0.39, 0.29) is 16.7 Å². The summed E-state index contributed by atoms with van der Waals surface area (Å²) in [6.45, 7) is 2.27. The molecule has 170 valence electrons. The molecule has 12 heteroatoms. The molecule has 3 fully saturated rings. The Balaban J connectivity index is 1.51. The molecule has 0 N–H and O–H groups in total. The zero-order chi connectivity index (χ0) is 22.7. The van der Waals surface area contributed by atoms with Gasteiger partial charge >= 0.3 is 30.3 Å². The summed E-state index contributed by atoms with van der Waals surface area (Å²) in [5.74, 6) is -7.13. The van der Waals surface area contributed by atoms with Crippen molar-refractivity contribution >= 4 is 17.9 Å². The molecule has 3 saturated carbocycles. The predicted octanol–water partition coefficient (Wildman–Crippen LogP) is 3.18. The SMILES string of the molecule is CC12CC1(C)C2C(=O)OCC(COC(=O)C1CC1C(F)(F)F)OC(=O)CC(F)(F)F. The molecule has 0 bridgehead atoms. The average molecular weight is 446 g/mol. The molecule has 5 atom stereocenters. The third-order valence-electron chi connectivity index (χ3n) is 6.32. The van der Waals surface area contributed by atoms with Gasteiger partial charge < -0.3 is 14.2 Å². The monoisotopic (exact) mass is 446 g/mol. The summed E-state index contributed by atoms with van der Waals surface area (Å²) in [6, 6.07) is 0. The van der Waals surface area contributed by atoms with Gasteiger partial charge in [-0.2, -0.15) is 26.3 Å². The average Bonchev–Trinajstić information content (AvgIpc) is 3.46. The maximum atomic E-state index is 12.5. The molecule has 30 heavy (non-hydrogen) atoms. The Hall–Kier alpha value is -2.01. The van der Waals surface area contributed by atoms with Crippen LogP contribution >= 0.6 is 0 Å². The molecule has 6 nitrogen and oxygen atoms in total. The second-order valence-electron chi connectivity index (χ2n) is 8.60. The molecule has 0 aromatic heterocycles. The van der Waals surface area contributed by atoms with Crippen molar-refractivity contribution in [1.82, 2.24) is 0 Å². The molecule has 5 unspecified atom stereocenters. The standard InChI is InChI=1S/C18H20F6O6/c1-15-7-16(15,2)12(15)14(27)29-6-8(30-11(25)4-17(19,20)21)5-28-13(26)9-3-10(9)18(22,23)24/h8-10,12H,3-7H2,1-2H3. The van der Waals surface area contributed by atoms with Crippen molar-refractivity contribution in [3.05, 3.63) is 0 Å². The fraction of sp³-hybridized carbons (Fsp3) is 0.833. The van der Waals surface area contributed by atoms with Crippen LogP contribution in [0.4, 0.5) is 26.3 Å². The third kappa shape index (κ3) is 4.51. The summed E-state index contributed by atoms with van der Waals surface area (Å²) in [6.07, 6.45) is -12.5. The maximum absolute atomic E-state index is 12.5. The highest BCUT2D eigenvalue weighted by Crippen LogP contribution is 2.89. The van der Waals surface area contributed by atoms with Crippen LogP contribution in [-0.4, -0.2) is 49.6 Å². The number of rotatable bonds is 8. The van der Waals surface area contributed by atoms with E-state index in [0.717, 1.165) is 6.42 Å². The van der Waals surface area contributed by atoms with Crippen LogP contribution in [0.15, 0.2) is 0 Å². The number of carbonyl (C=O) groups excluding carboxylic acids is 3. The van der Waals surface area contributed by atoms with Crippen LogP contribution in [0, 0.1) is 28.6 Å². The van der Waals surface area contributed by atoms with Crippen LogP contribution in [0.2, 0.25) is 0 Å². The summed E-state index contributed by atoms with van der Waals surface area (Å²) in [5, 5.41) is 0. The van der Waals surface area contributed by atoms with Gasteiger partial charge in [0.15, 0.2) is 6.10 Å². The summed E-state index contributed by atoms with van der Waals surface area (Å²) in [7, 11) is 0. The Morgan fingerprint density at radius 1 is 0.967 bits per heavy atom. The third-order valence-corrected chi connectivity index (χ3v) is 6.32. The Bertz CT molecular complexity index is 734. The normalized spacial score (nSPS) is 35.0. The summed E-state index contributed by atoms with van der Waals surface area (Å²) >= 11 is 0. The molecule has 0 aliphatic heterocycles. The van der Waals surface area contributed by atoms with Gasteiger partial charge in [0, 0.05) is 0 Å². The van der Waals surface area contributed by atoms with E-state index in [1.807, 2.05) is 13.8 Å². The fourth-order valence-electron chi connectivity index (χ4n) is 4.13. The van der Waals surface area contributed by atoms with Gasteiger partial charge in [-0.3, -0.25) is 14.4 Å². The first-order valence-electron chi connectivity index (χ1n) is 9.25. The van der Waals surface area contributed by atoms with E-state index in [2.05, 4.69) is 9.47 Å². The molecular formula is C18H20F6O6. The molecule has 0 aromatic rings. The van der Waals surface area contributed by atoms with Gasteiger partial charge in [-0.25, -0.2) is 0 Å². The number of ether oxygens (including phenoxy) is 3. The maximum Gasteiger partial charge on any atom is 0.399 e. The molecule has 0 heterocycles. The first-order chi connectivity index (χ1) is 13.6. The van der Waals surface area contributed by atoms with Crippen LogP contribution in [0.5, 0.6) is 0 Å². The molecule has 0 spiro atoms. The van der Waals surface area contributed by atoms with Crippen LogP contribution in [0.3, 0.4) is 0 Å². The Kier molecular flexibility index (Phi) is 5.30. The molecule has 3 aliphatic rings. The van der Waals surface area contributed by atoms with E-state index in [4.69, 9.17) is 4.74 Å². The van der Waals surface area contributed by atoms with E-state index in [0.29, 0.717) is 0 Å². The highest BCUT2D eigenvalue weighted by Gasteiger charge is 2.88. The summed E-state index contributed by atoms with van der Waals surface area (Å²) < 4.78 is 88.8. The quantitative estimate of drug-likeness (QED) is 0.324. The number of carbonyl (C=O) groups is 3. The van der Waals surface area contributed by atoms with Crippen LogP contribution in [0.1, 0.15) is 33.1 Å². The fourth-order valence-corrected chi connectivity index (χ4v) is 4.13. The Labute approximate surface area is 167 Å². The van der Waals surface area contributed by atoms with E-state index >= 15 is 0 Å².